The predicted octanol–water partition coefficient (Wildman–Crippen LogP) is 7.23. The summed E-state index contributed by atoms with van der Waals surface area (Å²) in [6, 6.07) is 6.73. The van der Waals surface area contributed by atoms with Crippen molar-refractivity contribution in [1.82, 2.24) is 30.0 Å². The summed E-state index contributed by atoms with van der Waals surface area (Å²) in [5.74, 6) is 2.40. The zero-order valence-corrected chi connectivity index (χ0v) is 31.7. The highest BCUT2D eigenvalue weighted by atomic mass is 19.4. The number of hydrogen-bond donors (Lipinski definition) is 1. The van der Waals surface area contributed by atoms with Crippen LogP contribution in [-0.4, -0.2) is 107 Å². The molecule has 0 bridgehead atoms. The van der Waals surface area contributed by atoms with Crippen molar-refractivity contribution in [3.8, 4) is 16.9 Å². The first-order chi connectivity index (χ1) is 26.4. The summed E-state index contributed by atoms with van der Waals surface area (Å²) >= 11 is 0. The van der Waals surface area contributed by atoms with Crippen LogP contribution in [0.5, 0.6) is 5.75 Å². The van der Waals surface area contributed by atoms with Crippen LogP contribution in [0.2, 0.25) is 0 Å². The van der Waals surface area contributed by atoms with Gasteiger partial charge in [0.1, 0.15) is 11.3 Å². The molecule has 4 aromatic rings. The maximum atomic E-state index is 14.2. The third-order valence-electron chi connectivity index (χ3n) is 13.7. The molecule has 2 aromatic carbocycles. The molecule has 10 nitrogen and oxygen atoms in total. The number of amides is 1. The lowest BCUT2D eigenvalue weighted by Crippen LogP contribution is -2.66. The van der Waals surface area contributed by atoms with Crippen LogP contribution in [0.15, 0.2) is 37.1 Å². The largest absolute Gasteiger partial charge is 0.481 e. The number of H-pyrrole nitrogens is 1. The summed E-state index contributed by atoms with van der Waals surface area (Å²) in [7, 11) is 0. The van der Waals surface area contributed by atoms with Gasteiger partial charge in [0.25, 0.3) is 0 Å². The van der Waals surface area contributed by atoms with Gasteiger partial charge in [-0.05, 0) is 105 Å². The Balaban J connectivity index is 1.08. The molecule has 1 unspecified atom stereocenters. The minimum atomic E-state index is -4.54. The maximum absolute atomic E-state index is 14.2. The number of nitrogens with one attached hydrogen (secondary N) is 1. The van der Waals surface area contributed by atoms with E-state index in [1.165, 1.54) is 38.4 Å². The Hall–Kier alpha value is -4.39. The van der Waals surface area contributed by atoms with Gasteiger partial charge in [-0.2, -0.15) is 23.3 Å². The lowest BCUT2D eigenvalue weighted by atomic mass is 9.60. The summed E-state index contributed by atoms with van der Waals surface area (Å²) in [4.78, 5) is 31.8. The molecule has 55 heavy (non-hydrogen) atoms. The van der Waals surface area contributed by atoms with Crippen LogP contribution in [0.25, 0.3) is 32.9 Å². The number of carbonyl (C=O) groups excluding carboxylic acids is 1. The van der Waals surface area contributed by atoms with Gasteiger partial charge in [-0.25, -0.2) is 4.98 Å². The summed E-state index contributed by atoms with van der Waals surface area (Å²) < 4.78 is 48.5. The van der Waals surface area contributed by atoms with Gasteiger partial charge in [0.05, 0.1) is 11.7 Å². The SMILES string of the molecule is C=CC(=O)N1CC2(CCN(c3nc(N4CC5(CC(N6CCC(C)C6)C5)C4)nc4c(OCC(F)(F)F)c(-c5c(C)ccc6[nH]ncc56)c(C5CC5)cc34)CC2)C1. The second-order valence-electron chi connectivity index (χ2n) is 17.9. The van der Waals surface area contributed by atoms with Crippen molar-refractivity contribution in [3.05, 3.63) is 48.2 Å². The molecule has 6 heterocycles. The van der Waals surface area contributed by atoms with Crippen molar-refractivity contribution in [2.75, 3.05) is 68.8 Å². The van der Waals surface area contributed by atoms with E-state index < -0.39 is 12.8 Å². The molecule has 1 atom stereocenters. The highest BCUT2D eigenvalue weighted by Gasteiger charge is 2.55. The van der Waals surface area contributed by atoms with Gasteiger partial charge in [-0.1, -0.05) is 19.6 Å². The molecule has 2 aliphatic carbocycles. The molecule has 4 saturated heterocycles. The number of ether oxygens (including phenoxy) is 1. The number of fused-ring (bicyclic) bond motifs is 2. The molecule has 0 radical (unpaired) electrons. The van der Waals surface area contributed by atoms with E-state index in [9.17, 15) is 18.0 Å². The zero-order valence-electron chi connectivity index (χ0n) is 31.7. The first-order valence-corrected chi connectivity index (χ1v) is 20.1. The van der Waals surface area contributed by atoms with Gasteiger partial charge in [-0.3, -0.25) is 9.89 Å². The number of piperidine rings is 1. The Bertz CT molecular complexity index is 2180. The molecular formula is C42H49F3N8O2. The first kappa shape index (κ1) is 35.1. The Morgan fingerprint density at radius 3 is 2.44 bits per heavy atom. The van der Waals surface area contributed by atoms with Crippen molar-refractivity contribution >= 4 is 39.5 Å². The number of anilines is 2. The highest BCUT2D eigenvalue weighted by Crippen LogP contribution is 2.55. The van der Waals surface area contributed by atoms with Crippen LogP contribution >= 0.6 is 0 Å². The Morgan fingerprint density at radius 2 is 1.76 bits per heavy atom. The zero-order chi connectivity index (χ0) is 37.9. The Kier molecular flexibility index (Phi) is 8.00. The topological polar surface area (TPSA) is 93.7 Å². The van der Waals surface area contributed by atoms with E-state index in [4.69, 9.17) is 14.7 Å². The van der Waals surface area contributed by atoms with Gasteiger partial charge in [0, 0.05) is 79.0 Å². The third-order valence-corrected chi connectivity index (χ3v) is 13.7. The highest BCUT2D eigenvalue weighted by molar-refractivity contribution is 6.06. The van der Waals surface area contributed by atoms with E-state index in [1.54, 1.807) is 6.20 Å². The molecule has 6 aliphatic rings. The second kappa shape index (κ2) is 12.6. The fourth-order valence-electron chi connectivity index (χ4n) is 10.6. The number of aromatic nitrogens is 4. The minimum absolute atomic E-state index is 0.0317. The number of carbonyl (C=O) groups is 1. The van der Waals surface area contributed by atoms with Crippen LogP contribution in [-0.2, 0) is 4.79 Å². The normalized spacial score (nSPS) is 23.7. The standard InChI is InChI=1S/C42H49F3N8O2/c1-4-33(54)52-20-40(21-52)10-13-50(14-11-40)38-30-15-29(27-6-7-27)35(34-26(3)5-8-32-31(34)18-46-49-32)37(55-24-42(43,44)45)36(30)47-39(48-38)53-22-41(23-53)16-28(17-41)51-12-9-25(2)19-51/h4-5,8,15,18,25,27-28H,1,6-7,9-14,16-17,19-24H2,2-3H3,(H,46,49). The summed E-state index contributed by atoms with van der Waals surface area (Å²) in [6.07, 6.45) is 5.88. The molecular weight excluding hydrogens is 706 g/mol. The molecule has 4 aliphatic heterocycles. The molecule has 1 amide bonds. The average molecular weight is 755 g/mol. The number of likely N-dealkylation sites (tertiary alicyclic amines) is 2. The minimum Gasteiger partial charge on any atom is -0.481 e. The number of aromatic amines is 1. The monoisotopic (exact) mass is 754 g/mol. The van der Waals surface area contributed by atoms with Crippen molar-refractivity contribution in [2.45, 2.75) is 76.9 Å². The first-order valence-electron chi connectivity index (χ1n) is 20.1. The van der Waals surface area contributed by atoms with Crippen molar-refractivity contribution in [3.63, 3.8) is 0 Å². The van der Waals surface area contributed by atoms with Crippen LogP contribution in [0.3, 0.4) is 0 Å². The van der Waals surface area contributed by atoms with Crippen molar-refractivity contribution in [1.29, 1.82) is 0 Å². The van der Waals surface area contributed by atoms with Gasteiger partial charge in [0.15, 0.2) is 12.4 Å². The van der Waals surface area contributed by atoms with Crippen molar-refractivity contribution in [2.24, 2.45) is 16.7 Å². The predicted molar refractivity (Wildman–Crippen MR) is 207 cm³/mol. The fourth-order valence-corrected chi connectivity index (χ4v) is 10.6. The molecule has 1 N–H and O–H groups in total. The molecule has 2 saturated carbocycles. The van der Waals surface area contributed by atoms with E-state index in [0.717, 1.165) is 110 Å². The number of benzene rings is 2. The number of rotatable bonds is 8. The molecule has 2 spiro atoms. The number of aryl methyl sites for hydroxylation is 1. The van der Waals surface area contributed by atoms with E-state index in [0.29, 0.717) is 23.1 Å². The average Bonchev–Trinajstić information content (AvgIpc) is 3.70. The number of nitrogens with zero attached hydrogens (tertiary/aromatic N) is 7. The Morgan fingerprint density at radius 1 is 1.00 bits per heavy atom. The number of hydrogen-bond acceptors (Lipinski definition) is 8. The summed E-state index contributed by atoms with van der Waals surface area (Å²) in [5.41, 5.74) is 4.95. The molecule has 6 fully saturated rings. The molecule has 13 heteroatoms. The lowest BCUT2D eigenvalue weighted by Gasteiger charge is -2.60. The van der Waals surface area contributed by atoms with Crippen LogP contribution in [0.1, 0.15) is 68.9 Å². The summed E-state index contributed by atoms with van der Waals surface area (Å²) in [6.45, 7) is 13.5. The van der Waals surface area contributed by atoms with Gasteiger partial charge >= 0.3 is 6.18 Å². The Labute approximate surface area is 319 Å². The van der Waals surface area contributed by atoms with Gasteiger partial charge in [0.2, 0.25) is 11.9 Å². The summed E-state index contributed by atoms with van der Waals surface area (Å²) in [5, 5.41) is 8.95. The van der Waals surface area contributed by atoms with E-state index in [1.807, 2.05) is 24.0 Å². The fraction of sp³-hybridized carbons (Fsp3) is 0.571. The van der Waals surface area contributed by atoms with Crippen LogP contribution in [0.4, 0.5) is 24.9 Å². The lowest BCUT2D eigenvalue weighted by molar-refractivity contribution is -0.153. The van der Waals surface area contributed by atoms with Crippen LogP contribution < -0.4 is 14.5 Å². The van der Waals surface area contributed by atoms with Crippen molar-refractivity contribution < 1.29 is 22.7 Å². The van der Waals surface area contributed by atoms with Gasteiger partial charge < -0.3 is 24.3 Å². The molecule has 290 valence electrons. The van der Waals surface area contributed by atoms with Crippen LogP contribution in [0, 0.1) is 23.7 Å². The maximum Gasteiger partial charge on any atom is 0.422 e. The van der Waals surface area contributed by atoms with E-state index in [-0.39, 0.29) is 28.4 Å². The van der Waals surface area contributed by atoms with E-state index >= 15 is 0 Å². The third kappa shape index (κ3) is 6.03. The van der Waals surface area contributed by atoms with E-state index in [2.05, 4.69) is 44.5 Å². The quantitative estimate of drug-likeness (QED) is 0.189. The van der Waals surface area contributed by atoms with Gasteiger partial charge in [-0.15, -0.1) is 0 Å². The smallest absolute Gasteiger partial charge is 0.422 e. The molecule has 10 rings (SSSR count). The number of halogens is 3. The second-order valence-corrected chi connectivity index (χ2v) is 17.9. The number of alkyl halides is 3. The molecule has 2 aromatic heterocycles.